The number of aromatic nitrogens is 1. The summed E-state index contributed by atoms with van der Waals surface area (Å²) in [7, 11) is 0. The molecule has 0 aliphatic carbocycles. The Hall–Kier alpha value is -0.900. The Balaban J connectivity index is 1.91. The fourth-order valence-electron chi connectivity index (χ4n) is 2.61. The number of hydrogen-bond acceptors (Lipinski definition) is 3. The second-order valence-electron chi connectivity index (χ2n) is 5.56. The van der Waals surface area contributed by atoms with Crippen LogP contribution in [0.2, 0.25) is 0 Å². The van der Waals surface area contributed by atoms with E-state index in [-0.39, 0.29) is 0 Å². The van der Waals surface area contributed by atoms with Gasteiger partial charge >= 0.3 is 0 Å². The highest BCUT2D eigenvalue weighted by atomic mass is 32.1. The average Bonchev–Trinajstić information content (AvgIpc) is 2.86. The predicted octanol–water partition coefficient (Wildman–Crippen LogP) is 3.10. The van der Waals surface area contributed by atoms with Crippen LogP contribution in [0.1, 0.15) is 44.3 Å². The van der Waals surface area contributed by atoms with Crippen LogP contribution >= 0.6 is 11.3 Å². The lowest BCUT2D eigenvalue weighted by atomic mass is 9.96. The maximum Gasteiger partial charge on any atom is 0.223 e. The number of carbonyl (C=O) groups is 1. The molecule has 0 bridgehead atoms. The van der Waals surface area contributed by atoms with Crippen LogP contribution in [-0.2, 0) is 17.8 Å². The van der Waals surface area contributed by atoms with Crippen molar-refractivity contribution >= 4 is 17.2 Å². The molecule has 18 heavy (non-hydrogen) atoms. The predicted molar refractivity (Wildman–Crippen MR) is 74.5 cm³/mol. The number of amides is 1. The molecule has 4 heteroatoms. The molecule has 0 aromatic carbocycles. The highest BCUT2D eigenvalue weighted by Crippen LogP contribution is 2.25. The van der Waals surface area contributed by atoms with Gasteiger partial charge in [0.1, 0.15) is 0 Å². The molecule has 1 fully saturated rings. The first kappa shape index (κ1) is 13.5. The summed E-state index contributed by atoms with van der Waals surface area (Å²) >= 11 is 1.70. The molecule has 1 aliphatic rings. The molecule has 1 aromatic heterocycles. The molecule has 0 N–H and O–H groups in total. The Morgan fingerprint density at radius 3 is 2.94 bits per heavy atom. The fraction of sp³-hybridized carbons (Fsp3) is 0.714. The number of likely N-dealkylation sites (tertiary alicyclic amines) is 1. The van der Waals surface area contributed by atoms with E-state index in [2.05, 4.69) is 31.1 Å². The molecule has 0 radical (unpaired) electrons. The van der Waals surface area contributed by atoms with Crippen molar-refractivity contribution in [2.24, 2.45) is 11.8 Å². The SMILES string of the molecule is CCc1nc(CN2C[C@H](CC(C)C)CC2=O)cs1. The van der Waals surface area contributed by atoms with Gasteiger partial charge in [-0.2, -0.15) is 0 Å². The monoisotopic (exact) mass is 266 g/mol. The van der Waals surface area contributed by atoms with E-state index in [0.717, 1.165) is 36.5 Å². The maximum absolute atomic E-state index is 11.9. The summed E-state index contributed by atoms with van der Waals surface area (Å²) in [5.74, 6) is 1.52. The third-order valence-corrected chi connectivity index (χ3v) is 4.40. The molecule has 3 nitrogen and oxygen atoms in total. The summed E-state index contributed by atoms with van der Waals surface area (Å²) in [6, 6.07) is 0. The number of thiazole rings is 1. The minimum atomic E-state index is 0.298. The van der Waals surface area contributed by atoms with Crippen LogP contribution in [0.3, 0.4) is 0 Å². The van der Waals surface area contributed by atoms with Gasteiger partial charge in [0.2, 0.25) is 5.91 Å². The van der Waals surface area contributed by atoms with E-state index in [1.54, 1.807) is 11.3 Å². The van der Waals surface area contributed by atoms with Gasteiger partial charge in [-0.25, -0.2) is 4.98 Å². The third kappa shape index (κ3) is 3.31. The molecule has 1 amide bonds. The molecule has 1 aliphatic heterocycles. The molecule has 0 saturated carbocycles. The molecule has 1 atom stereocenters. The maximum atomic E-state index is 11.9. The number of hydrogen-bond donors (Lipinski definition) is 0. The molecule has 1 aromatic rings. The van der Waals surface area contributed by atoms with Crippen LogP contribution in [0, 0.1) is 11.8 Å². The van der Waals surface area contributed by atoms with Crippen molar-refractivity contribution < 1.29 is 4.79 Å². The zero-order valence-corrected chi connectivity index (χ0v) is 12.3. The lowest BCUT2D eigenvalue weighted by molar-refractivity contribution is -0.128. The van der Waals surface area contributed by atoms with Gasteiger partial charge in [-0.3, -0.25) is 4.79 Å². The van der Waals surface area contributed by atoms with Crippen LogP contribution in [0.5, 0.6) is 0 Å². The molecule has 0 spiro atoms. The van der Waals surface area contributed by atoms with Gasteiger partial charge in [0.05, 0.1) is 17.2 Å². The van der Waals surface area contributed by atoms with Gasteiger partial charge in [-0.05, 0) is 24.7 Å². The Bertz CT molecular complexity index is 414. The second kappa shape index (κ2) is 5.83. The van der Waals surface area contributed by atoms with Crippen LogP contribution < -0.4 is 0 Å². The molecular formula is C14H22N2OS. The van der Waals surface area contributed by atoms with Crippen molar-refractivity contribution in [3.8, 4) is 0 Å². The molecule has 0 unspecified atom stereocenters. The van der Waals surface area contributed by atoms with Crippen molar-refractivity contribution in [3.05, 3.63) is 16.1 Å². The minimum Gasteiger partial charge on any atom is -0.336 e. The van der Waals surface area contributed by atoms with Crippen molar-refractivity contribution in [2.45, 2.75) is 46.6 Å². The van der Waals surface area contributed by atoms with Gasteiger partial charge in [0.15, 0.2) is 0 Å². The van der Waals surface area contributed by atoms with Crippen LogP contribution in [0.15, 0.2) is 5.38 Å². The normalized spacial score (nSPS) is 20.1. The standard InChI is InChI=1S/C14H22N2OS/c1-4-13-15-12(9-18-13)8-16-7-11(5-10(2)3)6-14(16)17/h9-11H,4-8H2,1-3H3/t11-/m1/s1. The Labute approximate surface area is 113 Å². The Morgan fingerprint density at radius 2 is 2.33 bits per heavy atom. The largest absolute Gasteiger partial charge is 0.336 e. The first-order chi connectivity index (χ1) is 8.58. The summed E-state index contributed by atoms with van der Waals surface area (Å²) in [5.41, 5.74) is 1.05. The summed E-state index contributed by atoms with van der Waals surface area (Å²) < 4.78 is 0. The first-order valence-electron chi connectivity index (χ1n) is 6.79. The van der Waals surface area contributed by atoms with Gasteiger partial charge in [-0.15, -0.1) is 11.3 Å². The summed E-state index contributed by atoms with van der Waals surface area (Å²) in [6.45, 7) is 8.17. The van der Waals surface area contributed by atoms with E-state index >= 15 is 0 Å². The summed E-state index contributed by atoms with van der Waals surface area (Å²) in [4.78, 5) is 18.5. The van der Waals surface area contributed by atoms with Crippen molar-refractivity contribution in [2.75, 3.05) is 6.54 Å². The smallest absolute Gasteiger partial charge is 0.223 e. The Morgan fingerprint density at radius 1 is 1.56 bits per heavy atom. The number of rotatable bonds is 5. The zero-order chi connectivity index (χ0) is 13.1. The van der Waals surface area contributed by atoms with E-state index in [4.69, 9.17) is 0 Å². The Kier molecular flexibility index (Phi) is 4.38. The minimum absolute atomic E-state index is 0.298. The second-order valence-corrected chi connectivity index (χ2v) is 6.50. The van der Waals surface area contributed by atoms with E-state index in [1.807, 2.05) is 4.90 Å². The van der Waals surface area contributed by atoms with Crippen LogP contribution in [-0.4, -0.2) is 22.3 Å². The molecular weight excluding hydrogens is 244 g/mol. The van der Waals surface area contributed by atoms with Gasteiger partial charge in [0, 0.05) is 18.3 Å². The number of nitrogens with zero attached hydrogens (tertiary/aromatic N) is 2. The van der Waals surface area contributed by atoms with Gasteiger partial charge in [0.25, 0.3) is 0 Å². The number of carbonyl (C=O) groups excluding carboxylic acids is 1. The highest BCUT2D eigenvalue weighted by Gasteiger charge is 2.30. The van der Waals surface area contributed by atoms with E-state index in [9.17, 15) is 4.79 Å². The van der Waals surface area contributed by atoms with Crippen molar-refractivity contribution in [1.82, 2.24) is 9.88 Å². The topological polar surface area (TPSA) is 33.2 Å². The fourth-order valence-corrected chi connectivity index (χ4v) is 3.35. The highest BCUT2D eigenvalue weighted by molar-refractivity contribution is 7.09. The lowest BCUT2D eigenvalue weighted by Gasteiger charge is -2.16. The van der Waals surface area contributed by atoms with Crippen LogP contribution in [0.25, 0.3) is 0 Å². The molecule has 1 saturated heterocycles. The lowest BCUT2D eigenvalue weighted by Crippen LogP contribution is -2.24. The van der Waals surface area contributed by atoms with E-state index in [1.165, 1.54) is 0 Å². The average molecular weight is 266 g/mol. The quantitative estimate of drug-likeness (QED) is 0.820. The van der Waals surface area contributed by atoms with E-state index in [0.29, 0.717) is 24.3 Å². The van der Waals surface area contributed by atoms with E-state index < -0.39 is 0 Å². The third-order valence-electron chi connectivity index (χ3n) is 3.35. The van der Waals surface area contributed by atoms with Crippen LogP contribution in [0.4, 0.5) is 0 Å². The molecule has 100 valence electrons. The molecule has 2 heterocycles. The first-order valence-corrected chi connectivity index (χ1v) is 7.67. The van der Waals surface area contributed by atoms with Crippen molar-refractivity contribution in [3.63, 3.8) is 0 Å². The van der Waals surface area contributed by atoms with Crippen molar-refractivity contribution in [1.29, 1.82) is 0 Å². The summed E-state index contributed by atoms with van der Waals surface area (Å²) in [6.07, 6.45) is 2.86. The zero-order valence-electron chi connectivity index (χ0n) is 11.5. The molecule has 2 rings (SSSR count). The summed E-state index contributed by atoms with van der Waals surface area (Å²) in [5, 5.41) is 3.25. The van der Waals surface area contributed by atoms with Gasteiger partial charge in [-0.1, -0.05) is 20.8 Å². The number of aryl methyl sites for hydroxylation is 1. The van der Waals surface area contributed by atoms with Gasteiger partial charge < -0.3 is 4.90 Å².